The fourth-order valence-electron chi connectivity index (χ4n) is 1.72. The molecule has 1 N–H and O–H groups in total. The monoisotopic (exact) mass is 238 g/mol. The normalized spacial score (nSPS) is 14.5. The maximum Gasteiger partial charge on any atom is 0.328 e. The Morgan fingerprint density at radius 3 is 2.41 bits per heavy atom. The molecular formula is C15H26O2. The highest BCUT2D eigenvalue weighted by Gasteiger charge is 2.01. The second-order valence-electron chi connectivity index (χ2n) is 5.29. The fraction of sp³-hybridized carbons (Fsp3) is 0.667. The number of carboxylic acid groups (broad SMARTS) is 1. The highest BCUT2D eigenvalue weighted by molar-refractivity contribution is 5.81. The molecule has 0 rings (SSSR count). The third kappa shape index (κ3) is 11.2. The average molecular weight is 238 g/mol. The van der Waals surface area contributed by atoms with Crippen molar-refractivity contribution < 1.29 is 9.90 Å². The Morgan fingerprint density at radius 1 is 1.24 bits per heavy atom. The highest BCUT2D eigenvalue weighted by Crippen LogP contribution is 2.15. The smallest absolute Gasteiger partial charge is 0.328 e. The van der Waals surface area contributed by atoms with Gasteiger partial charge in [-0.15, -0.1) is 0 Å². The minimum Gasteiger partial charge on any atom is -0.478 e. The molecule has 2 nitrogen and oxygen atoms in total. The summed E-state index contributed by atoms with van der Waals surface area (Å²) in [4.78, 5) is 10.4. The van der Waals surface area contributed by atoms with E-state index in [0.29, 0.717) is 5.92 Å². The lowest BCUT2D eigenvalue weighted by Gasteiger charge is -2.09. The Balaban J connectivity index is 3.79. The van der Waals surface area contributed by atoms with Crippen LogP contribution in [0.5, 0.6) is 0 Å². The lowest BCUT2D eigenvalue weighted by molar-refractivity contribution is -0.131. The van der Waals surface area contributed by atoms with Crippen LogP contribution in [0.15, 0.2) is 23.8 Å². The van der Waals surface area contributed by atoms with Gasteiger partial charge in [-0.1, -0.05) is 52.2 Å². The van der Waals surface area contributed by atoms with E-state index in [9.17, 15) is 4.79 Å². The summed E-state index contributed by atoms with van der Waals surface area (Å²) in [6.07, 6.45) is 10.1. The van der Waals surface area contributed by atoms with Gasteiger partial charge in [-0.05, 0) is 30.8 Å². The first-order chi connectivity index (χ1) is 7.91. The number of carboxylic acids is 1. The van der Waals surface area contributed by atoms with Crippen LogP contribution in [-0.2, 0) is 4.79 Å². The topological polar surface area (TPSA) is 37.3 Å². The molecule has 0 aromatic carbocycles. The van der Waals surface area contributed by atoms with E-state index in [2.05, 4.69) is 26.8 Å². The number of rotatable bonds is 8. The first kappa shape index (κ1) is 16.0. The molecule has 0 aromatic heterocycles. The molecule has 98 valence electrons. The quantitative estimate of drug-likeness (QED) is 0.502. The second kappa shape index (κ2) is 9.03. The summed E-state index contributed by atoms with van der Waals surface area (Å²) in [5.74, 6) is 0.596. The molecule has 17 heavy (non-hydrogen) atoms. The SMILES string of the molecule is CC(/C=C/C[C@H](C)CCCC(C)C)=C\C(=O)O. The summed E-state index contributed by atoms with van der Waals surface area (Å²) in [6.45, 7) is 8.57. The van der Waals surface area contributed by atoms with Crippen LogP contribution >= 0.6 is 0 Å². The predicted octanol–water partition coefficient (Wildman–Crippen LogP) is 4.43. The molecule has 0 fully saturated rings. The molecule has 0 aliphatic rings. The first-order valence-corrected chi connectivity index (χ1v) is 6.49. The zero-order valence-corrected chi connectivity index (χ0v) is 11.6. The summed E-state index contributed by atoms with van der Waals surface area (Å²) < 4.78 is 0. The van der Waals surface area contributed by atoms with Crippen LogP contribution in [0, 0.1) is 11.8 Å². The zero-order valence-electron chi connectivity index (χ0n) is 11.6. The average Bonchev–Trinajstić information content (AvgIpc) is 2.15. The van der Waals surface area contributed by atoms with E-state index in [0.717, 1.165) is 17.9 Å². The van der Waals surface area contributed by atoms with Gasteiger partial charge in [-0.2, -0.15) is 0 Å². The van der Waals surface area contributed by atoms with Crippen LogP contribution in [0.4, 0.5) is 0 Å². The van der Waals surface area contributed by atoms with Gasteiger partial charge in [0.2, 0.25) is 0 Å². The summed E-state index contributed by atoms with van der Waals surface area (Å²) in [6, 6.07) is 0. The Bertz CT molecular complexity index is 275. The minimum absolute atomic E-state index is 0.683. The van der Waals surface area contributed by atoms with Crippen LogP contribution in [0.2, 0.25) is 0 Å². The van der Waals surface area contributed by atoms with Gasteiger partial charge >= 0.3 is 5.97 Å². The van der Waals surface area contributed by atoms with Gasteiger partial charge in [0.25, 0.3) is 0 Å². The van der Waals surface area contributed by atoms with Crippen molar-refractivity contribution in [1.82, 2.24) is 0 Å². The minimum atomic E-state index is -0.878. The molecule has 0 aliphatic carbocycles. The molecule has 0 spiro atoms. The maximum atomic E-state index is 10.4. The van der Waals surface area contributed by atoms with Gasteiger partial charge in [-0.25, -0.2) is 4.79 Å². The van der Waals surface area contributed by atoms with E-state index in [-0.39, 0.29) is 0 Å². The Morgan fingerprint density at radius 2 is 1.88 bits per heavy atom. The Hall–Kier alpha value is -1.05. The summed E-state index contributed by atoms with van der Waals surface area (Å²) in [5.41, 5.74) is 0.798. The van der Waals surface area contributed by atoms with Crippen LogP contribution in [0.1, 0.15) is 53.4 Å². The van der Waals surface area contributed by atoms with Gasteiger partial charge in [-0.3, -0.25) is 0 Å². The van der Waals surface area contributed by atoms with Crippen molar-refractivity contribution in [3.05, 3.63) is 23.8 Å². The van der Waals surface area contributed by atoms with E-state index in [1.54, 1.807) is 0 Å². The molecule has 0 saturated heterocycles. The van der Waals surface area contributed by atoms with Gasteiger partial charge < -0.3 is 5.11 Å². The number of allylic oxidation sites excluding steroid dienone is 3. The molecule has 0 heterocycles. The molecule has 1 atom stereocenters. The van der Waals surface area contributed by atoms with Gasteiger partial charge in [0.15, 0.2) is 0 Å². The van der Waals surface area contributed by atoms with Crippen LogP contribution in [0.25, 0.3) is 0 Å². The summed E-state index contributed by atoms with van der Waals surface area (Å²) >= 11 is 0. The predicted molar refractivity (Wildman–Crippen MR) is 73.0 cm³/mol. The number of carbonyl (C=O) groups is 1. The van der Waals surface area contributed by atoms with Crippen molar-refractivity contribution in [3.8, 4) is 0 Å². The molecular weight excluding hydrogens is 212 g/mol. The van der Waals surface area contributed by atoms with Crippen molar-refractivity contribution in [2.75, 3.05) is 0 Å². The molecule has 0 saturated carbocycles. The van der Waals surface area contributed by atoms with Crippen molar-refractivity contribution in [2.45, 2.75) is 53.4 Å². The van der Waals surface area contributed by atoms with E-state index >= 15 is 0 Å². The molecule has 0 unspecified atom stereocenters. The third-order valence-electron chi connectivity index (χ3n) is 2.75. The fourth-order valence-corrected chi connectivity index (χ4v) is 1.72. The molecule has 0 aliphatic heterocycles. The number of aliphatic carboxylic acids is 1. The first-order valence-electron chi connectivity index (χ1n) is 6.49. The third-order valence-corrected chi connectivity index (χ3v) is 2.75. The lowest BCUT2D eigenvalue weighted by Crippen LogP contribution is -1.95. The van der Waals surface area contributed by atoms with E-state index in [4.69, 9.17) is 5.11 Å². The van der Waals surface area contributed by atoms with Crippen molar-refractivity contribution >= 4 is 5.97 Å². The van der Waals surface area contributed by atoms with Crippen LogP contribution in [0.3, 0.4) is 0 Å². The molecule has 0 bridgehead atoms. The lowest BCUT2D eigenvalue weighted by atomic mass is 9.97. The van der Waals surface area contributed by atoms with Crippen molar-refractivity contribution in [1.29, 1.82) is 0 Å². The molecule has 0 amide bonds. The highest BCUT2D eigenvalue weighted by atomic mass is 16.4. The van der Waals surface area contributed by atoms with Crippen molar-refractivity contribution in [3.63, 3.8) is 0 Å². The summed E-state index contributed by atoms with van der Waals surface area (Å²) in [7, 11) is 0. The molecule has 0 aromatic rings. The van der Waals surface area contributed by atoms with Gasteiger partial charge in [0, 0.05) is 6.08 Å². The summed E-state index contributed by atoms with van der Waals surface area (Å²) in [5, 5.41) is 8.55. The van der Waals surface area contributed by atoms with Crippen LogP contribution in [-0.4, -0.2) is 11.1 Å². The van der Waals surface area contributed by atoms with Crippen LogP contribution < -0.4 is 0 Å². The van der Waals surface area contributed by atoms with E-state index < -0.39 is 5.97 Å². The molecule has 2 heteroatoms. The largest absolute Gasteiger partial charge is 0.478 e. The number of hydrogen-bond donors (Lipinski definition) is 1. The van der Waals surface area contributed by atoms with E-state index in [1.165, 1.54) is 25.3 Å². The van der Waals surface area contributed by atoms with Crippen molar-refractivity contribution in [2.24, 2.45) is 11.8 Å². The number of hydrogen-bond acceptors (Lipinski definition) is 1. The van der Waals surface area contributed by atoms with Gasteiger partial charge in [0.05, 0.1) is 0 Å². The second-order valence-corrected chi connectivity index (χ2v) is 5.29. The van der Waals surface area contributed by atoms with Gasteiger partial charge in [0.1, 0.15) is 0 Å². The maximum absolute atomic E-state index is 10.4. The Labute approximate surface area is 105 Å². The Kier molecular flexibility index (Phi) is 8.47. The molecule has 0 radical (unpaired) electrons. The standard InChI is InChI=1S/C15H26O2/c1-12(2)7-5-8-13(3)9-6-10-14(4)11-15(16)17/h6,10-13H,5,7-9H2,1-4H3,(H,16,17)/b10-6+,14-11+/t13-/m1/s1. The van der Waals surface area contributed by atoms with E-state index in [1.807, 2.05) is 13.0 Å². The zero-order chi connectivity index (χ0) is 13.3.